The molecular weight excluding hydrogens is 280 g/mol. The minimum Gasteiger partial charge on any atom is -0.383 e. The van der Waals surface area contributed by atoms with E-state index in [1.165, 1.54) is 6.33 Å². The van der Waals surface area contributed by atoms with Gasteiger partial charge in [0.15, 0.2) is 0 Å². The van der Waals surface area contributed by atoms with Gasteiger partial charge in [-0.25, -0.2) is 9.97 Å². The van der Waals surface area contributed by atoms with Crippen LogP contribution in [0.25, 0.3) is 0 Å². The summed E-state index contributed by atoms with van der Waals surface area (Å²) in [6, 6.07) is 0. The summed E-state index contributed by atoms with van der Waals surface area (Å²) in [6.07, 6.45) is 3.06. The van der Waals surface area contributed by atoms with E-state index < -0.39 is 10.8 Å². The molecule has 84 valence electrons. The largest absolute Gasteiger partial charge is 0.383 e. The number of anilines is 2. The second kappa shape index (κ2) is 5.41. The van der Waals surface area contributed by atoms with Gasteiger partial charge in [0.05, 0.1) is 0 Å². The van der Waals surface area contributed by atoms with Crippen molar-refractivity contribution in [3.8, 4) is 0 Å². The van der Waals surface area contributed by atoms with Gasteiger partial charge in [0.2, 0.25) is 0 Å². The Kier molecular flexibility index (Phi) is 4.46. The van der Waals surface area contributed by atoms with Gasteiger partial charge in [0, 0.05) is 28.9 Å². The minimum absolute atomic E-state index is 0.0630. The first kappa shape index (κ1) is 12.4. The highest BCUT2D eigenvalue weighted by atomic mass is 79.9. The molecule has 3 N–H and O–H groups in total. The van der Waals surface area contributed by atoms with Crippen molar-refractivity contribution in [2.24, 2.45) is 0 Å². The first-order valence-corrected chi connectivity index (χ1v) is 6.76. The molecule has 0 spiro atoms. The summed E-state index contributed by atoms with van der Waals surface area (Å²) in [5.74, 6) is 1.01. The lowest BCUT2D eigenvalue weighted by Gasteiger charge is -2.11. The Labute approximate surface area is 99.5 Å². The quantitative estimate of drug-likeness (QED) is 0.865. The highest BCUT2D eigenvalue weighted by Crippen LogP contribution is 2.23. The van der Waals surface area contributed by atoms with E-state index >= 15 is 0 Å². The number of hydrogen-bond donors (Lipinski definition) is 2. The van der Waals surface area contributed by atoms with Gasteiger partial charge in [-0.2, -0.15) is 0 Å². The van der Waals surface area contributed by atoms with E-state index in [4.69, 9.17) is 5.73 Å². The number of rotatable bonds is 4. The zero-order chi connectivity index (χ0) is 11.4. The fourth-order valence-corrected chi connectivity index (χ4v) is 1.53. The minimum atomic E-state index is -0.848. The van der Waals surface area contributed by atoms with Gasteiger partial charge < -0.3 is 11.1 Å². The molecule has 0 saturated heterocycles. The molecule has 1 aromatic rings. The van der Waals surface area contributed by atoms with E-state index in [-0.39, 0.29) is 5.25 Å². The van der Waals surface area contributed by atoms with Gasteiger partial charge in [-0.05, 0) is 22.9 Å². The Balaban J connectivity index is 2.66. The molecule has 1 aromatic heterocycles. The molecule has 5 nitrogen and oxygen atoms in total. The van der Waals surface area contributed by atoms with Crippen LogP contribution >= 0.6 is 15.9 Å². The maximum absolute atomic E-state index is 11.1. The zero-order valence-electron chi connectivity index (χ0n) is 8.53. The lowest BCUT2D eigenvalue weighted by atomic mass is 10.4. The summed E-state index contributed by atoms with van der Waals surface area (Å²) < 4.78 is 11.8. The number of nitrogen functional groups attached to an aromatic ring is 1. The molecule has 0 fully saturated rings. The first-order chi connectivity index (χ1) is 7.02. The third-order valence-corrected chi connectivity index (χ3v) is 4.02. The topological polar surface area (TPSA) is 80.9 Å². The van der Waals surface area contributed by atoms with Crippen LogP contribution in [-0.2, 0) is 10.8 Å². The SMILES string of the molecule is CC(CNc1ncnc(N)c1Br)S(C)=O. The number of hydrogen-bond acceptors (Lipinski definition) is 5. The molecule has 0 bridgehead atoms. The lowest BCUT2D eigenvalue weighted by molar-refractivity contribution is 0.678. The summed E-state index contributed by atoms with van der Waals surface area (Å²) in [4.78, 5) is 7.84. The molecule has 0 aliphatic heterocycles. The smallest absolute Gasteiger partial charge is 0.145 e. The normalized spacial score (nSPS) is 14.6. The molecule has 0 aliphatic rings. The molecular formula is C8H13BrN4OS. The summed E-state index contributed by atoms with van der Waals surface area (Å²) >= 11 is 3.28. The van der Waals surface area contributed by atoms with Crippen LogP contribution in [-0.4, -0.2) is 32.2 Å². The summed E-state index contributed by atoms with van der Waals surface area (Å²) in [5.41, 5.74) is 5.59. The van der Waals surface area contributed by atoms with Crippen molar-refractivity contribution in [3.05, 3.63) is 10.8 Å². The number of nitrogens with zero attached hydrogens (tertiary/aromatic N) is 2. The fourth-order valence-electron chi connectivity index (χ4n) is 0.864. The van der Waals surface area contributed by atoms with Crippen molar-refractivity contribution < 1.29 is 4.21 Å². The zero-order valence-corrected chi connectivity index (χ0v) is 10.9. The average Bonchev–Trinajstić information content (AvgIpc) is 2.19. The van der Waals surface area contributed by atoms with Crippen LogP contribution in [0, 0.1) is 0 Å². The van der Waals surface area contributed by atoms with Gasteiger partial charge >= 0.3 is 0 Å². The van der Waals surface area contributed by atoms with Crippen molar-refractivity contribution in [3.63, 3.8) is 0 Å². The summed E-state index contributed by atoms with van der Waals surface area (Å²) in [6.45, 7) is 2.49. The van der Waals surface area contributed by atoms with Crippen LogP contribution in [0.15, 0.2) is 10.8 Å². The Morgan fingerprint density at radius 2 is 2.33 bits per heavy atom. The van der Waals surface area contributed by atoms with E-state index in [2.05, 4.69) is 31.2 Å². The molecule has 0 saturated carbocycles. The Morgan fingerprint density at radius 3 is 2.93 bits per heavy atom. The molecule has 0 aromatic carbocycles. The van der Waals surface area contributed by atoms with Crippen LogP contribution in [0.4, 0.5) is 11.6 Å². The van der Waals surface area contributed by atoms with Crippen molar-refractivity contribution in [2.75, 3.05) is 23.9 Å². The molecule has 1 heterocycles. The van der Waals surface area contributed by atoms with Gasteiger partial charge in [0.25, 0.3) is 0 Å². The van der Waals surface area contributed by atoms with Crippen LogP contribution in [0.2, 0.25) is 0 Å². The first-order valence-electron chi connectivity index (χ1n) is 4.34. The Hall–Kier alpha value is -0.690. The lowest BCUT2D eigenvalue weighted by Crippen LogP contribution is -2.21. The predicted molar refractivity (Wildman–Crippen MR) is 66.2 cm³/mol. The molecule has 0 amide bonds. The average molecular weight is 293 g/mol. The molecule has 1 rings (SSSR count). The van der Waals surface area contributed by atoms with E-state index in [9.17, 15) is 4.21 Å². The molecule has 0 radical (unpaired) electrons. The highest BCUT2D eigenvalue weighted by molar-refractivity contribution is 9.10. The van der Waals surface area contributed by atoms with Crippen LogP contribution in [0.5, 0.6) is 0 Å². The van der Waals surface area contributed by atoms with Crippen molar-refractivity contribution in [1.29, 1.82) is 0 Å². The van der Waals surface area contributed by atoms with E-state index in [0.29, 0.717) is 22.7 Å². The second-order valence-corrected chi connectivity index (χ2v) is 5.71. The fraction of sp³-hybridized carbons (Fsp3) is 0.500. The molecule has 2 unspecified atom stereocenters. The van der Waals surface area contributed by atoms with E-state index in [1.807, 2.05) is 6.92 Å². The highest BCUT2D eigenvalue weighted by Gasteiger charge is 2.09. The Morgan fingerprint density at radius 1 is 1.67 bits per heavy atom. The monoisotopic (exact) mass is 292 g/mol. The summed E-state index contributed by atoms with van der Waals surface area (Å²) in [5, 5.41) is 3.13. The van der Waals surface area contributed by atoms with Gasteiger partial charge in [-0.3, -0.25) is 4.21 Å². The number of nitrogens with two attached hydrogens (primary N) is 1. The Bertz CT molecular complexity index is 374. The van der Waals surface area contributed by atoms with Crippen LogP contribution in [0.3, 0.4) is 0 Å². The standard InChI is InChI=1S/C8H13BrN4OS/c1-5(15(2)14)3-11-8-6(9)7(10)12-4-13-8/h4-5H,3H2,1-2H3,(H3,10,11,12,13). The second-order valence-electron chi connectivity index (χ2n) is 3.11. The van der Waals surface area contributed by atoms with Gasteiger partial charge in [-0.1, -0.05) is 0 Å². The maximum atomic E-state index is 11.1. The number of aromatic nitrogens is 2. The van der Waals surface area contributed by atoms with Crippen LogP contribution < -0.4 is 11.1 Å². The van der Waals surface area contributed by atoms with E-state index in [1.54, 1.807) is 6.26 Å². The molecule has 2 atom stereocenters. The van der Waals surface area contributed by atoms with Crippen molar-refractivity contribution >= 4 is 38.4 Å². The molecule has 7 heteroatoms. The maximum Gasteiger partial charge on any atom is 0.145 e. The van der Waals surface area contributed by atoms with Gasteiger partial charge in [0.1, 0.15) is 22.4 Å². The van der Waals surface area contributed by atoms with Gasteiger partial charge in [-0.15, -0.1) is 0 Å². The third kappa shape index (κ3) is 3.42. The molecule has 0 aliphatic carbocycles. The van der Waals surface area contributed by atoms with Crippen molar-refractivity contribution in [2.45, 2.75) is 12.2 Å². The van der Waals surface area contributed by atoms with E-state index in [0.717, 1.165) is 0 Å². The molecule has 15 heavy (non-hydrogen) atoms. The summed E-state index contributed by atoms with van der Waals surface area (Å²) in [7, 11) is -0.848. The number of nitrogens with one attached hydrogen (secondary N) is 1. The number of halogens is 1. The van der Waals surface area contributed by atoms with Crippen molar-refractivity contribution in [1.82, 2.24) is 9.97 Å². The third-order valence-electron chi connectivity index (χ3n) is 1.94. The van der Waals surface area contributed by atoms with Crippen LogP contribution in [0.1, 0.15) is 6.92 Å². The predicted octanol–water partition coefficient (Wildman–Crippen LogP) is 1.00.